The van der Waals surface area contributed by atoms with E-state index in [0.717, 1.165) is 22.5 Å². The molecular weight excluding hydrogens is 595 g/mol. The molecule has 0 amide bonds. The fraction of sp³-hybridized carbons (Fsp3) is 0.317. The molecule has 240 valence electrons. The van der Waals surface area contributed by atoms with E-state index in [4.69, 9.17) is 0 Å². The highest BCUT2D eigenvalue weighted by Gasteiger charge is 2.41. The molecule has 0 bridgehead atoms. The zero-order chi connectivity index (χ0) is 34.7. The molecule has 6 heteroatoms. The molecule has 0 atom stereocenters. The van der Waals surface area contributed by atoms with Crippen LogP contribution in [0.5, 0.6) is 0 Å². The van der Waals surface area contributed by atoms with Crippen LogP contribution in [0.15, 0.2) is 83.9 Å². The Labute approximate surface area is 283 Å². The second kappa shape index (κ2) is 16.4. The van der Waals surface area contributed by atoms with Gasteiger partial charge in [0.15, 0.2) is 0 Å². The molecule has 0 saturated carbocycles. The molecular formula is C41H45N3O2Si. The largest absolute Gasteiger partial charge is 0.378 e. The summed E-state index contributed by atoms with van der Waals surface area (Å²) in [6.45, 7) is 13.7. The van der Waals surface area contributed by atoms with Crippen molar-refractivity contribution in [1.82, 2.24) is 0 Å². The van der Waals surface area contributed by atoms with Gasteiger partial charge in [0.05, 0.1) is 16.1 Å². The number of benzene rings is 3. The van der Waals surface area contributed by atoms with Gasteiger partial charge in [-0.3, -0.25) is 10.1 Å². The molecule has 0 aliphatic carbocycles. The highest BCUT2D eigenvalue weighted by atomic mass is 28.3. The number of hydrogen-bond donors (Lipinski definition) is 0. The van der Waals surface area contributed by atoms with E-state index in [-0.39, 0.29) is 5.69 Å². The summed E-state index contributed by atoms with van der Waals surface area (Å²) in [5.41, 5.74) is 10.8. The Hall–Kier alpha value is -5.14. The predicted molar refractivity (Wildman–Crippen MR) is 201 cm³/mol. The third-order valence-electron chi connectivity index (χ3n) is 8.36. The van der Waals surface area contributed by atoms with Crippen LogP contribution < -0.4 is 9.80 Å². The minimum absolute atomic E-state index is 0.0192. The number of rotatable bonds is 6. The number of non-ortho nitro benzene ring substituents is 1. The maximum Gasteiger partial charge on any atom is 0.269 e. The van der Waals surface area contributed by atoms with E-state index in [2.05, 4.69) is 88.5 Å². The Morgan fingerprint density at radius 1 is 0.574 bits per heavy atom. The SMILES string of the molecule is CC(C)[Si](C#CC(C#Cc1ccc([N+](=O)[O-])cc1)=C(C#Cc1ccc(N(C)C)cc1)C#Cc1ccc(N(C)C)cc1)(C(C)C)C(C)C. The van der Waals surface area contributed by atoms with Crippen LogP contribution in [0.2, 0.25) is 16.6 Å². The van der Waals surface area contributed by atoms with E-state index in [1.807, 2.05) is 86.5 Å². The van der Waals surface area contributed by atoms with Crippen LogP contribution in [0.3, 0.4) is 0 Å². The third-order valence-corrected chi connectivity index (χ3v) is 14.7. The van der Waals surface area contributed by atoms with E-state index in [9.17, 15) is 10.1 Å². The van der Waals surface area contributed by atoms with E-state index < -0.39 is 13.0 Å². The average molecular weight is 640 g/mol. The average Bonchev–Trinajstić information content (AvgIpc) is 3.03. The molecule has 47 heavy (non-hydrogen) atoms. The molecule has 0 spiro atoms. The lowest BCUT2D eigenvalue weighted by Crippen LogP contribution is -2.43. The van der Waals surface area contributed by atoms with Crippen molar-refractivity contribution >= 4 is 25.1 Å². The number of allylic oxidation sites excluding steroid dienone is 2. The smallest absolute Gasteiger partial charge is 0.269 e. The fourth-order valence-corrected chi connectivity index (χ4v) is 10.9. The molecule has 3 aromatic carbocycles. The van der Waals surface area contributed by atoms with Crippen molar-refractivity contribution < 1.29 is 4.92 Å². The molecule has 0 aliphatic rings. The van der Waals surface area contributed by atoms with Crippen LogP contribution in [0.1, 0.15) is 58.2 Å². The molecule has 0 saturated heterocycles. The lowest BCUT2D eigenvalue weighted by molar-refractivity contribution is -0.384. The zero-order valence-corrected chi connectivity index (χ0v) is 30.3. The van der Waals surface area contributed by atoms with Crippen molar-refractivity contribution in [3.63, 3.8) is 0 Å². The Balaban J connectivity index is 2.33. The Bertz CT molecular complexity index is 1740. The molecule has 5 nitrogen and oxygen atoms in total. The maximum atomic E-state index is 11.2. The summed E-state index contributed by atoms with van der Waals surface area (Å²) in [5, 5.41) is 11.2. The summed E-state index contributed by atoms with van der Waals surface area (Å²) < 4.78 is 0. The molecule has 3 rings (SSSR count). The zero-order valence-electron chi connectivity index (χ0n) is 29.3. The van der Waals surface area contributed by atoms with E-state index >= 15 is 0 Å². The van der Waals surface area contributed by atoms with Gasteiger partial charge in [-0.25, -0.2) is 0 Å². The second-order valence-corrected chi connectivity index (χ2v) is 18.4. The highest BCUT2D eigenvalue weighted by molar-refractivity contribution is 6.90. The minimum atomic E-state index is -2.12. The van der Waals surface area contributed by atoms with Gasteiger partial charge < -0.3 is 9.80 Å². The molecule has 0 N–H and O–H groups in total. The first kappa shape index (κ1) is 36.3. The Morgan fingerprint density at radius 2 is 0.894 bits per heavy atom. The number of nitro groups is 1. The predicted octanol–water partition coefficient (Wildman–Crippen LogP) is 8.70. The summed E-state index contributed by atoms with van der Waals surface area (Å²) >= 11 is 0. The maximum absolute atomic E-state index is 11.2. The molecule has 0 radical (unpaired) electrons. The van der Waals surface area contributed by atoms with E-state index in [0.29, 0.717) is 33.3 Å². The lowest BCUT2D eigenvalue weighted by Gasteiger charge is -2.38. The van der Waals surface area contributed by atoms with Gasteiger partial charge in [0.1, 0.15) is 8.07 Å². The Morgan fingerprint density at radius 3 is 1.19 bits per heavy atom. The summed E-state index contributed by atoms with van der Waals surface area (Å²) in [5.74, 6) is 23.2. The minimum Gasteiger partial charge on any atom is -0.378 e. The van der Waals surface area contributed by atoms with Crippen LogP contribution in [-0.2, 0) is 0 Å². The van der Waals surface area contributed by atoms with Gasteiger partial charge in [0.25, 0.3) is 5.69 Å². The molecule has 0 fully saturated rings. The highest BCUT2D eigenvalue weighted by Crippen LogP contribution is 2.40. The molecule has 0 unspecified atom stereocenters. The topological polar surface area (TPSA) is 49.6 Å². The number of hydrogen-bond acceptors (Lipinski definition) is 4. The van der Waals surface area contributed by atoms with Crippen molar-refractivity contribution in [1.29, 1.82) is 0 Å². The summed E-state index contributed by atoms with van der Waals surface area (Å²) in [7, 11) is 5.91. The monoisotopic (exact) mass is 639 g/mol. The number of nitro benzene ring substituents is 1. The summed E-state index contributed by atoms with van der Waals surface area (Å²) in [6.07, 6.45) is 0. The summed E-state index contributed by atoms with van der Waals surface area (Å²) in [6, 6.07) is 22.4. The van der Waals surface area contributed by atoms with Gasteiger partial charge in [-0.1, -0.05) is 83.0 Å². The van der Waals surface area contributed by atoms with Crippen molar-refractivity contribution in [2.24, 2.45) is 0 Å². The van der Waals surface area contributed by atoms with Crippen molar-refractivity contribution in [3.8, 4) is 47.0 Å². The van der Waals surface area contributed by atoms with Gasteiger partial charge in [-0.05, 0) is 77.3 Å². The molecule has 0 aliphatic heterocycles. The van der Waals surface area contributed by atoms with Crippen LogP contribution in [0.25, 0.3) is 0 Å². The number of anilines is 2. The first-order chi connectivity index (χ1) is 22.2. The van der Waals surface area contributed by atoms with Gasteiger partial charge in [-0.2, -0.15) is 0 Å². The van der Waals surface area contributed by atoms with Crippen LogP contribution >= 0.6 is 0 Å². The van der Waals surface area contributed by atoms with E-state index in [1.54, 1.807) is 12.1 Å². The molecule has 0 aromatic heterocycles. The standard InChI is InChI=1S/C41H45N3O2Si/c1-31(2)47(32(3)4,33(5)6)30-29-38(22-13-36-18-27-41(28-19-36)44(45)46)37(20-11-34-14-23-39(24-15-34)42(7)8)21-12-35-16-25-40(26-17-35)43(9)10/h14-19,23-28,31-33H,1-10H3. The van der Waals surface area contributed by atoms with Gasteiger partial charge >= 0.3 is 0 Å². The Kier molecular flexibility index (Phi) is 12.7. The fourth-order valence-electron chi connectivity index (χ4n) is 5.67. The van der Waals surface area contributed by atoms with Crippen LogP contribution in [0, 0.1) is 57.1 Å². The first-order valence-corrected chi connectivity index (χ1v) is 18.1. The van der Waals surface area contributed by atoms with Crippen molar-refractivity contribution in [3.05, 3.63) is 111 Å². The molecule has 3 aromatic rings. The van der Waals surface area contributed by atoms with Crippen LogP contribution in [0.4, 0.5) is 17.1 Å². The van der Waals surface area contributed by atoms with Gasteiger partial charge in [0, 0.05) is 68.4 Å². The normalized spacial score (nSPS) is 10.4. The third kappa shape index (κ3) is 9.67. The van der Waals surface area contributed by atoms with Crippen molar-refractivity contribution in [2.75, 3.05) is 38.0 Å². The second-order valence-electron chi connectivity index (χ2n) is 12.8. The van der Waals surface area contributed by atoms with Gasteiger partial charge in [-0.15, -0.1) is 5.54 Å². The van der Waals surface area contributed by atoms with Crippen LogP contribution in [-0.4, -0.2) is 41.2 Å². The quantitative estimate of drug-likeness (QED) is 0.117. The summed E-state index contributed by atoms with van der Waals surface area (Å²) in [4.78, 5) is 14.9. The lowest BCUT2D eigenvalue weighted by atomic mass is 10.1. The van der Waals surface area contributed by atoms with E-state index in [1.165, 1.54) is 12.1 Å². The number of nitrogens with zero attached hydrogens (tertiary/aromatic N) is 3. The first-order valence-electron chi connectivity index (χ1n) is 15.9. The van der Waals surface area contributed by atoms with Gasteiger partial charge in [0.2, 0.25) is 0 Å². The molecule has 0 heterocycles. The van der Waals surface area contributed by atoms with Crippen molar-refractivity contribution in [2.45, 2.75) is 58.2 Å².